The van der Waals surface area contributed by atoms with E-state index < -0.39 is 38.8 Å². The fourth-order valence-corrected chi connectivity index (χ4v) is 3.59. The number of thiol groups is 1. The molecule has 1 heterocycles. The van der Waals surface area contributed by atoms with Crippen LogP contribution in [0.2, 0.25) is 5.02 Å². The van der Waals surface area contributed by atoms with Gasteiger partial charge in [0.2, 0.25) is 11.8 Å². The number of hydrogen-bond acceptors (Lipinski definition) is 8. The Labute approximate surface area is 191 Å². The Balaban J connectivity index is 1.79. The number of rotatable bonds is 10. The lowest BCUT2D eigenvalue weighted by Gasteiger charge is -2.41. The van der Waals surface area contributed by atoms with Crippen molar-refractivity contribution in [3.63, 3.8) is 0 Å². The molecule has 0 radical (unpaired) electrons. The van der Waals surface area contributed by atoms with Crippen LogP contribution in [0.1, 0.15) is 43.5 Å². The van der Waals surface area contributed by atoms with Gasteiger partial charge in [-0.2, -0.15) is 5.10 Å². The zero-order valence-corrected chi connectivity index (χ0v) is 19.2. The average Bonchev–Trinajstić information content (AvgIpc) is 2.73. The molecule has 4 N–H and O–H groups in total. The molecule has 2 atom stereocenters. The number of carbonyl (C=O) groups excluding carboxylic acids is 3. The van der Waals surface area contributed by atoms with Crippen molar-refractivity contribution in [3.8, 4) is 11.5 Å². The molecule has 1 aromatic rings. The maximum atomic E-state index is 12.1. The number of nitrogens with one attached hydrogen (secondary N) is 2. The average molecular weight is 489 g/mol. The number of phenolic OH excluding ortho intramolecular Hbond substituents is 2. The van der Waals surface area contributed by atoms with Gasteiger partial charge < -0.3 is 20.4 Å². The van der Waals surface area contributed by atoms with Crippen molar-refractivity contribution in [2.75, 3.05) is 13.1 Å². The summed E-state index contributed by atoms with van der Waals surface area (Å²) in [5, 5.41) is 24.9. The molecule has 1 aromatic carbocycles. The molecule has 176 valence electrons. The normalized spacial score (nSPS) is 17.8. The predicted octanol–water partition coefficient (Wildman–Crippen LogP) is 0.354. The van der Waals surface area contributed by atoms with Crippen LogP contribution in [0.3, 0.4) is 0 Å². The molecular formula is C19H25ClN4O7S. The van der Waals surface area contributed by atoms with Gasteiger partial charge in [-0.25, -0.2) is 13.8 Å². The van der Waals surface area contributed by atoms with E-state index in [-0.39, 0.29) is 48.5 Å². The van der Waals surface area contributed by atoms with Crippen LogP contribution in [0.15, 0.2) is 17.2 Å². The Morgan fingerprint density at radius 1 is 1.38 bits per heavy atom. The van der Waals surface area contributed by atoms with E-state index >= 15 is 0 Å². The molecule has 0 unspecified atom stereocenters. The summed E-state index contributed by atoms with van der Waals surface area (Å²) in [6.45, 7) is 3.30. The third-order valence-corrected chi connectivity index (χ3v) is 6.44. The zero-order valence-electron chi connectivity index (χ0n) is 17.5. The summed E-state index contributed by atoms with van der Waals surface area (Å²) in [6, 6.07) is 2.33. The smallest absolute Gasteiger partial charge is 0.252 e. The summed E-state index contributed by atoms with van der Waals surface area (Å²) in [7, 11) is -2.96. The first-order valence-corrected chi connectivity index (χ1v) is 11.3. The minimum absolute atomic E-state index is 0.00590. The van der Waals surface area contributed by atoms with Crippen molar-refractivity contribution >= 4 is 46.2 Å². The van der Waals surface area contributed by atoms with Crippen LogP contribution in [-0.2, 0) is 20.3 Å². The molecule has 0 bridgehead atoms. The fourth-order valence-electron chi connectivity index (χ4n) is 2.92. The molecule has 0 aliphatic carbocycles. The monoisotopic (exact) mass is 488 g/mol. The van der Waals surface area contributed by atoms with Gasteiger partial charge in [0.1, 0.15) is 4.75 Å². The van der Waals surface area contributed by atoms with Gasteiger partial charge >= 0.3 is 0 Å². The molecule has 0 saturated carbocycles. The Bertz CT molecular complexity index is 1010. The van der Waals surface area contributed by atoms with E-state index in [0.29, 0.717) is 6.42 Å². The molecule has 1 fully saturated rings. The zero-order chi connectivity index (χ0) is 24.1. The number of amides is 3. The van der Waals surface area contributed by atoms with E-state index in [0.717, 1.165) is 12.3 Å². The van der Waals surface area contributed by atoms with Crippen molar-refractivity contribution in [1.29, 1.82) is 0 Å². The largest absolute Gasteiger partial charge is 0.504 e. The molecule has 2 rings (SSSR count). The number of nitrogens with zero attached hydrogens (tertiary/aromatic N) is 2. The summed E-state index contributed by atoms with van der Waals surface area (Å²) in [5.41, 5.74) is 2.20. The standard InChI is InChI=1S/C19H25ClN4O7S/c1-11-8-15(27)24(11)10-19(2,32(30)31)9-22-23-14(26)4-3-7-21-18(29)12-5-6-13(25)17(28)16(12)20/h5-6,9,11,25,28,32H,3-4,7-8,10H2,1-2H3,(H,21,29)(H,23,26)/b22-9+/t11-,19+/m1/s1. The number of likely N-dealkylation sites (tertiary alicyclic amines) is 1. The molecule has 11 nitrogen and oxygen atoms in total. The SMILES string of the molecule is C[C@@H]1CC(=O)N1C[C@](C)(/C=N/NC(=O)CCCNC(=O)c1ccc(O)c(O)c1Cl)[SH](=O)=O. The van der Waals surface area contributed by atoms with Crippen molar-refractivity contribution in [2.45, 2.75) is 43.9 Å². The lowest BCUT2D eigenvalue weighted by atomic mass is 10.0. The van der Waals surface area contributed by atoms with Crippen LogP contribution in [0.25, 0.3) is 0 Å². The van der Waals surface area contributed by atoms with Crippen LogP contribution in [-0.4, -0.2) is 71.3 Å². The number of hydrogen-bond donors (Lipinski definition) is 5. The minimum Gasteiger partial charge on any atom is -0.504 e. The Hall–Kier alpha value is -2.86. The number of phenols is 2. The van der Waals surface area contributed by atoms with Crippen LogP contribution >= 0.6 is 11.6 Å². The van der Waals surface area contributed by atoms with Crippen molar-refractivity contribution in [1.82, 2.24) is 15.6 Å². The van der Waals surface area contributed by atoms with Gasteiger partial charge in [-0.05, 0) is 32.4 Å². The number of aromatic hydroxyl groups is 2. The second kappa shape index (κ2) is 10.6. The molecule has 1 aliphatic heterocycles. The van der Waals surface area contributed by atoms with Crippen LogP contribution < -0.4 is 10.7 Å². The number of hydrazone groups is 1. The van der Waals surface area contributed by atoms with Crippen LogP contribution in [0.5, 0.6) is 11.5 Å². The number of benzene rings is 1. The van der Waals surface area contributed by atoms with E-state index in [2.05, 4.69) is 15.8 Å². The van der Waals surface area contributed by atoms with Crippen LogP contribution in [0.4, 0.5) is 0 Å². The van der Waals surface area contributed by atoms with Crippen LogP contribution in [0, 0.1) is 0 Å². The number of β-lactam (4-membered cyclic amide) rings is 1. The summed E-state index contributed by atoms with van der Waals surface area (Å²) in [5.74, 6) is -2.27. The first kappa shape index (κ1) is 25.4. The van der Waals surface area contributed by atoms with Gasteiger partial charge in [0.05, 0.1) is 10.6 Å². The quantitative estimate of drug-likeness (QED) is 0.0791. The van der Waals surface area contributed by atoms with E-state index in [9.17, 15) is 33.0 Å². The maximum Gasteiger partial charge on any atom is 0.252 e. The molecule has 1 saturated heterocycles. The fraction of sp³-hybridized carbons (Fsp3) is 0.474. The minimum atomic E-state index is -2.96. The van der Waals surface area contributed by atoms with Gasteiger partial charge in [-0.15, -0.1) is 0 Å². The Morgan fingerprint density at radius 3 is 2.66 bits per heavy atom. The summed E-state index contributed by atoms with van der Waals surface area (Å²) in [6.07, 6.45) is 1.71. The van der Waals surface area contributed by atoms with Crippen molar-refractivity contribution in [3.05, 3.63) is 22.7 Å². The molecule has 3 amide bonds. The van der Waals surface area contributed by atoms with Crippen molar-refractivity contribution in [2.24, 2.45) is 5.10 Å². The molecular weight excluding hydrogens is 464 g/mol. The van der Waals surface area contributed by atoms with Gasteiger partial charge in [0, 0.05) is 38.2 Å². The number of carbonyl (C=O) groups is 3. The summed E-state index contributed by atoms with van der Waals surface area (Å²) >= 11 is 5.82. The Kier molecular flexibility index (Phi) is 8.44. The highest BCUT2D eigenvalue weighted by Gasteiger charge is 2.39. The summed E-state index contributed by atoms with van der Waals surface area (Å²) in [4.78, 5) is 37.1. The van der Waals surface area contributed by atoms with Gasteiger partial charge in [0.25, 0.3) is 5.91 Å². The lowest BCUT2D eigenvalue weighted by molar-refractivity contribution is -0.145. The third kappa shape index (κ3) is 6.10. The lowest BCUT2D eigenvalue weighted by Crippen LogP contribution is -2.57. The van der Waals surface area contributed by atoms with E-state index in [4.69, 9.17) is 11.6 Å². The second-order valence-electron chi connectivity index (χ2n) is 7.64. The summed E-state index contributed by atoms with van der Waals surface area (Å²) < 4.78 is 21.9. The topological polar surface area (TPSA) is 165 Å². The van der Waals surface area contributed by atoms with E-state index in [1.54, 1.807) is 0 Å². The predicted molar refractivity (Wildman–Crippen MR) is 117 cm³/mol. The second-order valence-corrected chi connectivity index (χ2v) is 9.55. The van der Waals surface area contributed by atoms with E-state index in [1.807, 2.05) is 6.92 Å². The molecule has 0 aromatic heterocycles. The van der Waals surface area contributed by atoms with Gasteiger partial charge in [-0.1, -0.05) is 11.6 Å². The third-order valence-electron chi connectivity index (χ3n) is 4.97. The first-order valence-electron chi connectivity index (χ1n) is 9.72. The highest BCUT2D eigenvalue weighted by Crippen LogP contribution is 2.35. The maximum absolute atomic E-state index is 12.1. The molecule has 32 heavy (non-hydrogen) atoms. The van der Waals surface area contributed by atoms with Crippen molar-refractivity contribution < 1.29 is 33.0 Å². The highest BCUT2D eigenvalue weighted by atomic mass is 35.5. The number of halogens is 1. The molecule has 13 heteroatoms. The van der Waals surface area contributed by atoms with Gasteiger partial charge in [-0.3, -0.25) is 14.4 Å². The highest BCUT2D eigenvalue weighted by molar-refractivity contribution is 7.75. The first-order chi connectivity index (χ1) is 15.0. The molecule has 0 spiro atoms. The Morgan fingerprint density at radius 2 is 2.06 bits per heavy atom. The molecule has 1 aliphatic rings. The van der Waals surface area contributed by atoms with E-state index in [1.165, 1.54) is 17.9 Å². The van der Waals surface area contributed by atoms with Gasteiger partial charge in [0.15, 0.2) is 22.2 Å².